The Hall–Kier alpha value is -2.89. The summed E-state index contributed by atoms with van der Waals surface area (Å²) < 4.78 is 22.2. The van der Waals surface area contributed by atoms with E-state index in [1.807, 2.05) is 0 Å². The summed E-state index contributed by atoms with van der Waals surface area (Å²) in [5.41, 5.74) is 1.56. The highest BCUT2D eigenvalue weighted by molar-refractivity contribution is 6.01. The number of aliphatic hydroxyl groups excluding tert-OH is 4. The first-order valence-electron chi connectivity index (χ1n) is 10.4. The van der Waals surface area contributed by atoms with Gasteiger partial charge in [0, 0.05) is 6.07 Å². The Balaban J connectivity index is 1.60. The SMILES string of the molecule is COc1ccc(C2CC(=O)c3c(C)cc(O[C@@H]4OC(CO)[C@@H](O)[C@@H](O)C4O)cc3O2)cc1O. The molecule has 3 unspecified atom stereocenters. The summed E-state index contributed by atoms with van der Waals surface area (Å²) in [4.78, 5) is 12.9. The summed E-state index contributed by atoms with van der Waals surface area (Å²) in [6.07, 6.45) is -7.71. The van der Waals surface area contributed by atoms with Crippen LogP contribution in [0.2, 0.25) is 0 Å². The van der Waals surface area contributed by atoms with E-state index < -0.39 is 43.4 Å². The van der Waals surface area contributed by atoms with E-state index in [9.17, 15) is 30.3 Å². The van der Waals surface area contributed by atoms with Crippen LogP contribution in [0.1, 0.15) is 34.0 Å². The quantitative estimate of drug-likeness (QED) is 0.426. The molecule has 2 aliphatic heterocycles. The van der Waals surface area contributed by atoms with Crippen molar-refractivity contribution in [3.8, 4) is 23.0 Å². The molecule has 0 radical (unpaired) electrons. The number of ketones is 1. The van der Waals surface area contributed by atoms with Gasteiger partial charge < -0.3 is 44.5 Å². The van der Waals surface area contributed by atoms with Gasteiger partial charge in [-0.05, 0) is 36.2 Å². The monoisotopic (exact) mass is 462 g/mol. The number of rotatable bonds is 5. The number of benzene rings is 2. The van der Waals surface area contributed by atoms with E-state index in [-0.39, 0.29) is 29.5 Å². The lowest BCUT2D eigenvalue weighted by atomic mass is 9.93. The number of carbonyl (C=O) groups is 1. The molecule has 6 atom stereocenters. The van der Waals surface area contributed by atoms with Crippen LogP contribution in [0.4, 0.5) is 0 Å². The molecular formula is C23H26O10. The smallest absolute Gasteiger partial charge is 0.229 e. The molecule has 2 aromatic carbocycles. The number of hydrogen-bond donors (Lipinski definition) is 5. The van der Waals surface area contributed by atoms with Crippen LogP contribution in [0.3, 0.4) is 0 Å². The van der Waals surface area contributed by atoms with Gasteiger partial charge in [0.2, 0.25) is 6.29 Å². The Morgan fingerprint density at radius 1 is 1.09 bits per heavy atom. The standard InChI is InChI=1S/C23H26O10/c1-10-5-12(31-23-22(29)21(28)20(27)18(9-24)33-23)7-17-19(10)14(26)8-16(32-17)11-3-4-15(30-2)13(25)6-11/h3-7,16,18,20-25,27-29H,8-9H2,1-2H3/t16?,18?,20-,21-,22?,23-/m1/s1. The third-order valence-corrected chi connectivity index (χ3v) is 5.87. The number of fused-ring (bicyclic) bond motifs is 1. The van der Waals surface area contributed by atoms with Gasteiger partial charge in [-0.2, -0.15) is 0 Å². The van der Waals surface area contributed by atoms with Gasteiger partial charge in [-0.25, -0.2) is 0 Å². The molecule has 178 valence electrons. The van der Waals surface area contributed by atoms with Crippen LogP contribution < -0.4 is 14.2 Å². The average Bonchev–Trinajstić information content (AvgIpc) is 2.78. The Labute approximate surface area is 189 Å². The molecule has 2 heterocycles. The maximum atomic E-state index is 12.9. The molecule has 5 N–H and O–H groups in total. The fourth-order valence-electron chi connectivity index (χ4n) is 4.10. The lowest BCUT2D eigenvalue weighted by molar-refractivity contribution is -0.277. The van der Waals surface area contributed by atoms with E-state index in [2.05, 4.69) is 0 Å². The van der Waals surface area contributed by atoms with Crippen LogP contribution in [0.25, 0.3) is 0 Å². The Morgan fingerprint density at radius 2 is 1.85 bits per heavy atom. The molecule has 10 nitrogen and oxygen atoms in total. The van der Waals surface area contributed by atoms with Crippen molar-refractivity contribution in [2.45, 2.75) is 50.2 Å². The summed E-state index contributed by atoms with van der Waals surface area (Å²) in [5, 5.41) is 49.6. The van der Waals surface area contributed by atoms with Gasteiger partial charge in [0.25, 0.3) is 0 Å². The third-order valence-electron chi connectivity index (χ3n) is 5.87. The zero-order chi connectivity index (χ0) is 23.9. The Bertz CT molecular complexity index is 1040. The molecule has 2 aromatic rings. The van der Waals surface area contributed by atoms with Crippen molar-refractivity contribution in [1.29, 1.82) is 0 Å². The van der Waals surface area contributed by atoms with Crippen LogP contribution in [0.15, 0.2) is 30.3 Å². The molecule has 0 aliphatic carbocycles. The lowest BCUT2D eigenvalue weighted by Gasteiger charge is -2.39. The first-order chi connectivity index (χ1) is 15.7. The van der Waals surface area contributed by atoms with Gasteiger partial charge >= 0.3 is 0 Å². The van der Waals surface area contributed by atoms with E-state index in [1.54, 1.807) is 25.1 Å². The van der Waals surface area contributed by atoms with Gasteiger partial charge in [0.1, 0.15) is 42.0 Å². The Kier molecular flexibility index (Phi) is 6.46. The van der Waals surface area contributed by atoms with Gasteiger partial charge in [-0.1, -0.05) is 6.07 Å². The molecule has 0 spiro atoms. The van der Waals surface area contributed by atoms with Crippen molar-refractivity contribution in [3.63, 3.8) is 0 Å². The molecule has 4 rings (SSSR count). The van der Waals surface area contributed by atoms with Gasteiger partial charge in [-0.15, -0.1) is 0 Å². The van der Waals surface area contributed by atoms with E-state index >= 15 is 0 Å². The van der Waals surface area contributed by atoms with Crippen LogP contribution in [-0.2, 0) is 4.74 Å². The van der Waals surface area contributed by atoms with Gasteiger partial charge in [-0.3, -0.25) is 4.79 Å². The molecule has 10 heteroatoms. The summed E-state index contributed by atoms with van der Waals surface area (Å²) in [6, 6.07) is 7.79. The molecule has 2 aliphatic rings. The van der Waals surface area contributed by atoms with Gasteiger partial charge in [0.15, 0.2) is 17.3 Å². The highest BCUT2D eigenvalue weighted by Gasteiger charge is 2.45. The predicted octanol–water partition coefficient (Wildman–Crippen LogP) is 0.594. The van der Waals surface area contributed by atoms with Crippen molar-refractivity contribution in [2.75, 3.05) is 13.7 Å². The van der Waals surface area contributed by atoms with Crippen molar-refractivity contribution >= 4 is 5.78 Å². The number of ether oxygens (including phenoxy) is 4. The lowest BCUT2D eigenvalue weighted by Crippen LogP contribution is -2.60. The van der Waals surface area contributed by atoms with E-state index in [4.69, 9.17) is 18.9 Å². The van der Waals surface area contributed by atoms with Crippen molar-refractivity contribution in [3.05, 3.63) is 47.0 Å². The van der Waals surface area contributed by atoms with Crippen LogP contribution in [-0.4, -0.2) is 75.7 Å². The molecule has 1 saturated heterocycles. The highest BCUT2D eigenvalue weighted by atomic mass is 16.7. The van der Waals surface area contributed by atoms with E-state index in [0.29, 0.717) is 22.4 Å². The van der Waals surface area contributed by atoms with Crippen molar-refractivity contribution < 1.29 is 49.3 Å². The highest BCUT2D eigenvalue weighted by Crippen LogP contribution is 2.41. The van der Waals surface area contributed by atoms with Crippen molar-refractivity contribution in [1.82, 2.24) is 0 Å². The average molecular weight is 462 g/mol. The molecule has 0 amide bonds. The number of phenolic OH excluding ortho intramolecular Hbond substituents is 1. The minimum absolute atomic E-state index is 0.0759. The molecule has 1 fully saturated rings. The summed E-state index contributed by atoms with van der Waals surface area (Å²) in [5.74, 6) is 0.529. The zero-order valence-electron chi connectivity index (χ0n) is 18.0. The maximum Gasteiger partial charge on any atom is 0.229 e. The second-order valence-corrected chi connectivity index (χ2v) is 8.09. The van der Waals surface area contributed by atoms with Gasteiger partial charge in [0.05, 0.1) is 25.7 Å². The largest absolute Gasteiger partial charge is 0.504 e. The zero-order valence-corrected chi connectivity index (χ0v) is 18.0. The molecule has 33 heavy (non-hydrogen) atoms. The molecule has 0 bridgehead atoms. The fourth-order valence-corrected chi connectivity index (χ4v) is 4.10. The summed E-state index contributed by atoms with van der Waals surface area (Å²) >= 11 is 0. The number of carbonyl (C=O) groups excluding carboxylic acids is 1. The van der Waals surface area contributed by atoms with Crippen LogP contribution >= 0.6 is 0 Å². The van der Waals surface area contributed by atoms with Crippen LogP contribution in [0, 0.1) is 6.92 Å². The van der Waals surface area contributed by atoms with Crippen LogP contribution in [0.5, 0.6) is 23.0 Å². The molecule has 0 aromatic heterocycles. The fraction of sp³-hybridized carbons (Fsp3) is 0.435. The summed E-state index contributed by atoms with van der Waals surface area (Å²) in [6.45, 7) is 1.13. The number of hydrogen-bond acceptors (Lipinski definition) is 10. The Morgan fingerprint density at radius 3 is 2.52 bits per heavy atom. The first-order valence-corrected chi connectivity index (χ1v) is 10.4. The number of aromatic hydroxyl groups is 1. The second kappa shape index (κ2) is 9.16. The minimum atomic E-state index is -1.58. The number of aliphatic hydroxyl groups is 4. The maximum absolute atomic E-state index is 12.9. The molecular weight excluding hydrogens is 436 g/mol. The first kappa shape index (κ1) is 23.3. The topological polar surface area (TPSA) is 155 Å². The number of methoxy groups -OCH3 is 1. The minimum Gasteiger partial charge on any atom is -0.504 e. The second-order valence-electron chi connectivity index (χ2n) is 8.09. The molecule has 0 saturated carbocycles. The van der Waals surface area contributed by atoms with E-state index in [1.165, 1.54) is 19.2 Å². The third kappa shape index (κ3) is 4.35. The van der Waals surface area contributed by atoms with Crippen molar-refractivity contribution in [2.24, 2.45) is 0 Å². The number of phenols is 1. The predicted molar refractivity (Wildman–Crippen MR) is 113 cm³/mol. The van der Waals surface area contributed by atoms with E-state index in [0.717, 1.165) is 0 Å². The summed E-state index contributed by atoms with van der Waals surface area (Å²) in [7, 11) is 1.44. The number of aryl methyl sites for hydroxylation is 1. The number of Topliss-reactive ketones (excluding diaryl/α,β-unsaturated/α-hetero) is 1. The normalized spacial score (nSPS) is 29.2.